The molecule has 0 fully saturated rings. The zero-order valence-electron chi connectivity index (χ0n) is 13.8. The Morgan fingerprint density at radius 2 is 2.15 bits per heavy atom. The first-order valence-corrected chi connectivity index (χ1v) is 7.95. The van der Waals surface area contributed by atoms with Gasteiger partial charge in [0, 0.05) is 18.7 Å². The highest BCUT2D eigenvalue weighted by molar-refractivity contribution is 6.32. The second-order valence-corrected chi connectivity index (χ2v) is 5.94. The minimum atomic E-state index is -4.74. The lowest BCUT2D eigenvalue weighted by atomic mass is 10.2. The minimum Gasteiger partial charge on any atom is -0.334 e. The summed E-state index contributed by atoms with van der Waals surface area (Å²) < 4.78 is 46.7. The van der Waals surface area contributed by atoms with Crippen molar-refractivity contribution in [3.63, 3.8) is 0 Å². The van der Waals surface area contributed by atoms with Crippen molar-refractivity contribution in [3.05, 3.63) is 41.1 Å². The van der Waals surface area contributed by atoms with Gasteiger partial charge in [-0.2, -0.15) is 23.3 Å². The van der Waals surface area contributed by atoms with E-state index in [1.54, 1.807) is 7.05 Å². The number of alkyl halides is 3. The minimum absolute atomic E-state index is 0.0294. The summed E-state index contributed by atoms with van der Waals surface area (Å²) in [6, 6.07) is 2.98. The fourth-order valence-electron chi connectivity index (χ4n) is 2.29. The zero-order valence-corrected chi connectivity index (χ0v) is 14.5. The van der Waals surface area contributed by atoms with Gasteiger partial charge in [0.25, 0.3) is 5.89 Å². The second-order valence-electron chi connectivity index (χ2n) is 5.53. The number of rotatable bonds is 5. The molecule has 0 saturated carbocycles. The number of nitrogens with zero attached hydrogens (tertiary/aromatic N) is 5. The molecule has 0 amide bonds. The number of aromatic nitrogens is 5. The van der Waals surface area contributed by atoms with Crippen molar-refractivity contribution in [1.29, 1.82) is 0 Å². The molecule has 0 aliphatic heterocycles. The van der Waals surface area contributed by atoms with Gasteiger partial charge in [0.1, 0.15) is 0 Å². The summed E-state index contributed by atoms with van der Waals surface area (Å²) in [4.78, 5) is 7.93. The summed E-state index contributed by atoms with van der Waals surface area (Å²) in [5, 5.41) is 10.5. The maximum Gasteiger partial charge on any atom is 0.434 e. The van der Waals surface area contributed by atoms with Crippen molar-refractivity contribution in [3.8, 4) is 17.3 Å². The predicted molar refractivity (Wildman–Crippen MR) is 86.9 cm³/mol. The van der Waals surface area contributed by atoms with E-state index >= 15 is 0 Å². The Bertz CT molecular complexity index is 907. The molecule has 0 aliphatic rings. The predicted octanol–water partition coefficient (Wildman–Crippen LogP) is 3.14. The third kappa shape index (κ3) is 3.56. The van der Waals surface area contributed by atoms with E-state index in [2.05, 4.69) is 25.5 Å². The Hall–Kier alpha value is -2.46. The molecule has 3 aromatic rings. The van der Waals surface area contributed by atoms with E-state index in [0.717, 1.165) is 6.20 Å². The summed E-state index contributed by atoms with van der Waals surface area (Å²) >= 11 is 5.96. The molecule has 1 N–H and O–H groups in total. The lowest BCUT2D eigenvalue weighted by molar-refractivity contribution is -0.142. The molecule has 0 spiro atoms. The molecule has 0 radical (unpaired) electrons. The van der Waals surface area contributed by atoms with Crippen molar-refractivity contribution < 1.29 is 17.7 Å². The van der Waals surface area contributed by atoms with Gasteiger partial charge in [-0.05, 0) is 26.1 Å². The average Bonchev–Trinajstić information content (AvgIpc) is 3.21. The molecule has 1 unspecified atom stereocenters. The van der Waals surface area contributed by atoms with Crippen LogP contribution in [-0.4, -0.2) is 38.0 Å². The smallest absolute Gasteiger partial charge is 0.334 e. The van der Waals surface area contributed by atoms with Crippen LogP contribution < -0.4 is 5.32 Å². The highest BCUT2D eigenvalue weighted by atomic mass is 35.5. The quantitative estimate of drug-likeness (QED) is 0.725. The first-order valence-electron chi connectivity index (χ1n) is 7.57. The Morgan fingerprint density at radius 1 is 1.38 bits per heavy atom. The zero-order chi connectivity index (χ0) is 18.9. The molecule has 0 saturated heterocycles. The highest BCUT2D eigenvalue weighted by Crippen LogP contribution is 2.38. The lowest BCUT2D eigenvalue weighted by Gasteiger charge is -2.11. The maximum absolute atomic E-state index is 13.7. The van der Waals surface area contributed by atoms with E-state index in [4.69, 9.17) is 16.1 Å². The third-order valence-electron chi connectivity index (χ3n) is 3.66. The van der Waals surface area contributed by atoms with E-state index in [1.807, 2.05) is 6.92 Å². The maximum atomic E-state index is 13.7. The van der Waals surface area contributed by atoms with E-state index in [9.17, 15) is 13.2 Å². The third-order valence-corrected chi connectivity index (χ3v) is 3.95. The van der Waals surface area contributed by atoms with Crippen molar-refractivity contribution in [2.24, 2.45) is 0 Å². The van der Waals surface area contributed by atoms with Gasteiger partial charge in [-0.15, -0.1) is 0 Å². The van der Waals surface area contributed by atoms with Gasteiger partial charge in [0.05, 0.1) is 16.8 Å². The number of likely N-dealkylation sites (N-methyl/N-ethyl adjacent to an activating group) is 1. The Kier molecular flexibility index (Phi) is 4.97. The molecule has 0 aliphatic carbocycles. The van der Waals surface area contributed by atoms with Crippen LogP contribution in [0.5, 0.6) is 0 Å². The van der Waals surface area contributed by atoms with Crippen molar-refractivity contribution in [2.75, 3.05) is 7.05 Å². The number of hydrogen-bond donors (Lipinski definition) is 1. The van der Waals surface area contributed by atoms with Crippen molar-refractivity contribution in [1.82, 2.24) is 30.2 Å². The molecule has 1 atom stereocenters. The molecular formula is C15H14ClF3N6O. The molecule has 138 valence electrons. The van der Waals surface area contributed by atoms with E-state index in [0.29, 0.717) is 16.9 Å². The van der Waals surface area contributed by atoms with Crippen LogP contribution in [0.1, 0.15) is 18.4 Å². The average molecular weight is 387 g/mol. The van der Waals surface area contributed by atoms with E-state index in [-0.39, 0.29) is 28.3 Å². The summed E-state index contributed by atoms with van der Waals surface area (Å²) in [5.41, 5.74) is -1.43. The van der Waals surface area contributed by atoms with Crippen molar-refractivity contribution >= 4 is 11.6 Å². The molecule has 26 heavy (non-hydrogen) atoms. The Morgan fingerprint density at radius 3 is 2.81 bits per heavy atom. The number of pyridine rings is 1. The summed E-state index contributed by atoms with van der Waals surface area (Å²) in [7, 11) is 1.76. The largest absolute Gasteiger partial charge is 0.434 e. The lowest BCUT2D eigenvalue weighted by Crippen LogP contribution is -2.24. The molecule has 3 heterocycles. The Labute approximate surface area is 151 Å². The van der Waals surface area contributed by atoms with Crippen LogP contribution in [0.4, 0.5) is 13.2 Å². The molecule has 3 aromatic heterocycles. The van der Waals surface area contributed by atoms with E-state index in [1.165, 1.54) is 18.3 Å². The first-order chi connectivity index (χ1) is 12.3. The van der Waals surface area contributed by atoms with E-state index < -0.39 is 11.9 Å². The molecule has 3 rings (SSSR count). The molecule has 11 heteroatoms. The van der Waals surface area contributed by atoms with Gasteiger partial charge in [-0.1, -0.05) is 16.8 Å². The van der Waals surface area contributed by atoms with Crippen LogP contribution in [0.25, 0.3) is 17.3 Å². The first kappa shape index (κ1) is 18.3. The second kappa shape index (κ2) is 7.04. The fourth-order valence-corrected chi connectivity index (χ4v) is 2.50. The van der Waals surface area contributed by atoms with Crippen molar-refractivity contribution in [2.45, 2.75) is 25.6 Å². The normalized spacial score (nSPS) is 13.2. The monoisotopic (exact) mass is 386 g/mol. The van der Waals surface area contributed by atoms with Crippen LogP contribution in [0.15, 0.2) is 29.0 Å². The summed E-state index contributed by atoms with van der Waals surface area (Å²) in [5.74, 6) is -0.121. The van der Waals surface area contributed by atoms with Gasteiger partial charge in [0.15, 0.2) is 17.3 Å². The number of nitrogens with one attached hydrogen (secondary N) is 1. The van der Waals surface area contributed by atoms with Gasteiger partial charge >= 0.3 is 6.18 Å². The van der Waals surface area contributed by atoms with Crippen LogP contribution in [-0.2, 0) is 12.6 Å². The van der Waals surface area contributed by atoms with Crippen LogP contribution in [0.2, 0.25) is 5.02 Å². The Balaban J connectivity index is 2.08. The van der Waals surface area contributed by atoms with Gasteiger partial charge in [0.2, 0.25) is 0 Å². The molecular weight excluding hydrogens is 373 g/mol. The molecule has 0 aromatic carbocycles. The van der Waals surface area contributed by atoms with Crippen LogP contribution >= 0.6 is 11.6 Å². The van der Waals surface area contributed by atoms with Gasteiger partial charge in [-0.3, -0.25) is 0 Å². The highest BCUT2D eigenvalue weighted by Gasteiger charge is 2.41. The summed E-state index contributed by atoms with van der Waals surface area (Å²) in [6.45, 7) is 1.89. The van der Waals surface area contributed by atoms with Gasteiger partial charge < -0.3 is 9.84 Å². The fraction of sp³-hybridized carbons (Fsp3) is 0.333. The number of halogens is 4. The SMILES string of the molecule is CNC(C)Cc1noc(-c2cnn(-c3ncccc3Cl)c2C(F)(F)F)n1. The van der Waals surface area contributed by atoms with Crippen LogP contribution in [0, 0.1) is 0 Å². The molecule has 7 nitrogen and oxygen atoms in total. The summed E-state index contributed by atoms with van der Waals surface area (Å²) in [6.07, 6.45) is -2.00. The molecule has 0 bridgehead atoms. The number of hydrogen-bond acceptors (Lipinski definition) is 6. The van der Waals surface area contributed by atoms with Crippen LogP contribution in [0.3, 0.4) is 0 Å². The standard InChI is InChI=1S/C15H14ClF3N6O/c1-8(20-2)6-11-23-14(26-24-11)9-7-22-25(12(9)15(17,18)19)13-10(16)4-3-5-21-13/h3-5,7-8,20H,6H2,1-2H3. The van der Waals surface area contributed by atoms with Gasteiger partial charge in [-0.25, -0.2) is 9.67 Å². The topological polar surface area (TPSA) is 81.7 Å².